The average Bonchev–Trinajstić information content (AvgIpc) is 2.69. The SMILES string of the molecule is CCC(O)C(C)CC1Cc2cc(C)ccc2O1. The fourth-order valence-corrected chi connectivity index (χ4v) is 2.55. The van der Waals surface area contributed by atoms with E-state index >= 15 is 0 Å². The molecule has 1 aliphatic rings. The summed E-state index contributed by atoms with van der Waals surface area (Å²) in [5, 5.41) is 9.79. The highest BCUT2D eigenvalue weighted by atomic mass is 16.5. The van der Waals surface area contributed by atoms with Crippen LogP contribution in [0.3, 0.4) is 0 Å². The van der Waals surface area contributed by atoms with Gasteiger partial charge >= 0.3 is 0 Å². The third-order valence-corrected chi connectivity index (χ3v) is 3.67. The van der Waals surface area contributed by atoms with Crippen LogP contribution in [0.25, 0.3) is 0 Å². The summed E-state index contributed by atoms with van der Waals surface area (Å²) in [7, 11) is 0. The number of ether oxygens (including phenoxy) is 1. The second kappa shape index (κ2) is 5.09. The van der Waals surface area contributed by atoms with E-state index in [0.29, 0.717) is 5.92 Å². The minimum atomic E-state index is -0.205. The second-order valence-corrected chi connectivity index (χ2v) is 5.24. The molecule has 1 N–H and O–H groups in total. The third-order valence-electron chi connectivity index (χ3n) is 3.67. The topological polar surface area (TPSA) is 29.5 Å². The number of aryl methyl sites for hydroxylation is 1. The van der Waals surface area contributed by atoms with Crippen molar-refractivity contribution in [2.24, 2.45) is 5.92 Å². The van der Waals surface area contributed by atoms with Crippen LogP contribution in [0.4, 0.5) is 0 Å². The van der Waals surface area contributed by atoms with Gasteiger partial charge < -0.3 is 9.84 Å². The Labute approximate surface area is 104 Å². The number of hydrogen-bond acceptors (Lipinski definition) is 2. The van der Waals surface area contributed by atoms with Gasteiger partial charge in [0.1, 0.15) is 11.9 Å². The van der Waals surface area contributed by atoms with Crippen molar-refractivity contribution in [1.29, 1.82) is 0 Å². The Bertz CT molecular complexity index is 387. The molecule has 3 unspecified atom stereocenters. The van der Waals surface area contributed by atoms with E-state index in [4.69, 9.17) is 4.74 Å². The first-order chi connectivity index (χ1) is 8.10. The fourth-order valence-electron chi connectivity index (χ4n) is 2.55. The molecule has 17 heavy (non-hydrogen) atoms. The van der Waals surface area contributed by atoms with Crippen molar-refractivity contribution in [2.75, 3.05) is 0 Å². The molecule has 0 bridgehead atoms. The first-order valence-electron chi connectivity index (χ1n) is 6.54. The molecule has 2 heteroatoms. The Hall–Kier alpha value is -1.02. The quantitative estimate of drug-likeness (QED) is 0.867. The Morgan fingerprint density at radius 2 is 2.24 bits per heavy atom. The minimum Gasteiger partial charge on any atom is -0.490 e. The van der Waals surface area contributed by atoms with Crippen molar-refractivity contribution in [1.82, 2.24) is 0 Å². The normalized spacial score (nSPS) is 21.8. The standard InChI is InChI=1S/C15H22O2/c1-4-14(16)11(3)8-13-9-12-7-10(2)5-6-15(12)17-13/h5-7,11,13-14,16H,4,8-9H2,1-3H3. The molecule has 2 rings (SSSR count). The van der Waals surface area contributed by atoms with Crippen molar-refractivity contribution in [2.45, 2.75) is 52.2 Å². The van der Waals surface area contributed by atoms with Crippen molar-refractivity contribution >= 4 is 0 Å². The van der Waals surface area contributed by atoms with Gasteiger partial charge in [-0.3, -0.25) is 0 Å². The van der Waals surface area contributed by atoms with Gasteiger partial charge in [0.05, 0.1) is 6.10 Å². The zero-order valence-corrected chi connectivity index (χ0v) is 10.9. The number of aliphatic hydroxyl groups is 1. The van der Waals surface area contributed by atoms with E-state index in [2.05, 4.69) is 32.0 Å². The largest absolute Gasteiger partial charge is 0.490 e. The van der Waals surface area contributed by atoms with Gasteiger partial charge in [-0.1, -0.05) is 31.5 Å². The summed E-state index contributed by atoms with van der Waals surface area (Å²) in [4.78, 5) is 0. The summed E-state index contributed by atoms with van der Waals surface area (Å²) in [5.41, 5.74) is 2.60. The van der Waals surface area contributed by atoms with E-state index in [0.717, 1.165) is 25.0 Å². The maximum atomic E-state index is 9.79. The molecule has 1 aromatic carbocycles. The van der Waals surface area contributed by atoms with Gasteiger partial charge in [0.2, 0.25) is 0 Å². The highest BCUT2D eigenvalue weighted by Crippen LogP contribution is 2.32. The molecular formula is C15H22O2. The molecule has 0 aromatic heterocycles. The van der Waals surface area contributed by atoms with Gasteiger partial charge in [0.15, 0.2) is 0 Å². The van der Waals surface area contributed by atoms with Crippen LogP contribution in [0, 0.1) is 12.8 Å². The van der Waals surface area contributed by atoms with Crippen LogP contribution in [-0.4, -0.2) is 17.3 Å². The van der Waals surface area contributed by atoms with E-state index in [9.17, 15) is 5.11 Å². The Balaban J connectivity index is 1.96. The Morgan fingerprint density at radius 1 is 1.47 bits per heavy atom. The summed E-state index contributed by atoms with van der Waals surface area (Å²) in [6.45, 7) is 6.23. The molecular weight excluding hydrogens is 212 g/mol. The number of rotatable bonds is 4. The summed E-state index contributed by atoms with van der Waals surface area (Å²) < 4.78 is 5.92. The van der Waals surface area contributed by atoms with Gasteiger partial charge in [0.25, 0.3) is 0 Å². The maximum Gasteiger partial charge on any atom is 0.123 e. The molecule has 1 aliphatic heterocycles. The van der Waals surface area contributed by atoms with Crippen LogP contribution in [-0.2, 0) is 6.42 Å². The summed E-state index contributed by atoms with van der Waals surface area (Å²) >= 11 is 0. The van der Waals surface area contributed by atoms with Gasteiger partial charge in [-0.05, 0) is 37.3 Å². The molecule has 94 valence electrons. The average molecular weight is 234 g/mol. The third kappa shape index (κ3) is 2.81. The van der Waals surface area contributed by atoms with E-state index < -0.39 is 0 Å². The smallest absolute Gasteiger partial charge is 0.123 e. The summed E-state index contributed by atoms with van der Waals surface area (Å²) in [6.07, 6.45) is 2.77. The molecule has 0 saturated carbocycles. The van der Waals surface area contributed by atoms with Crippen LogP contribution < -0.4 is 4.74 Å². The zero-order chi connectivity index (χ0) is 12.4. The lowest BCUT2D eigenvalue weighted by Crippen LogP contribution is -2.24. The molecule has 0 spiro atoms. The monoisotopic (exact) mass is 234 g/mol. The molecule has 0 fully saturated rings. The first kappa shape index (κ1) is 12.4. The van der Waals surface area contributed by atoms with E-state index in [1.165, 1.54) is 11.1 Å². The van der Waals surface area contributed by atoms with E-state index in [1.807, 2.05) is 6.92 Å². The van der Waals surface area contributed by atoms with E-state index in [-0.39, 0.29) is 12.2 Å². The lowest BCUT2D eigenvalue weighted by molar-refractivity contribution is 0.0816. The van der Waals surface area contributed by atoms with Crippen LogP contribution in [0.15, 0.2) is 18.2 Å². The van der Waals surface area contributed by atoms with Gasteiger partial charge in [-0.25, -0.2) is 0 Å². The number of benzene rings is 1. The van der Waals surface area contributed by atoms with Crippen molar-refractivity contribution < 1.29 is 9.84 Å². The predicted octanol–water partition coefficient (Wildman–Crippen LogP) is 3.10. The van der Waals surface area contributed by atoms with Crippen molar-refractivity contribution in [3.63, 3.8) is 0 Å². The highest BCUT2D eigenvalue weighted by molar-refractivity contribution is 5.40. The Kier molecular flexibility index (Phi) is 3.72. The van der Waals surface area contributed by atoms with Crippen molar-refractivity contribution in [3.05, 3.63) is 29.3 Å². The molecule has 0 amide bonds. The second-order valence-electron chi connectivity index (χ2n) is 5.24. The molecule has 1 heterocycles. The number of hydrogen-bond donors (Lipinski definition) is 1. The summed E-state index contributed by atoms with van der Waals surface area (Å²) in [6, 6.07) is 6.35. The molecule has 3 atom stereocenters. The van der Waals surface area contributed by atoms with Crippen molar-refractivity contribution in [3.8, 4) is 5.75 Å². The first-order valence-corrected chi connectivity index (χ1v) is 6.54. The maximum absolute atomic E-state index is 9.79. The van der Waals surface area contributed by atoms with Crippen LogP contribution >= 0.6 is 0 Å². The van der Waals surface area contributed by atoms with Crippen LogP contribution in [0.1, 0.15) is 37.8 Å². The molecule has 0 radical (unpaired) electrons. The Morgan fingerprint density at radius 3 is 2.94 bits per heavy atom. The highest BCUT2D eigenvalue weighted by Gasteiger charge is 2.26. The zero-order valence-electron chi connectivity index (χ0n) is 10.9. The molecule has 0 saturated heterocycles. The molecule has 0 aliphatic carbocycles. The molecule has 2 nitrogen and oxygen atoms in total. The van der Waals surface area contributed by atoms with Crippen LogP contribution in [0.2, 0.25) is 0 Å². The van der Waals surface area contributed by atoms with Gasteiger partial charge in [-0.15, -0.1) is 0 Å². The van der Waals surface area contributed by atoms with Crippen LogP contribution in [0.5, 0.6) is 5.75 Å². The summed E-state index contributed by atoms with van der Waals surface area (Å²) in [5.74, 6) is 1.33. The number of aliphatic hydroxyl groups excluding tert-OH is 1. The number of fused-ring (bicyclic) bond motifs is 1. The lowest BCUT2D eigenvalue weighted by Gasteiger charge is -2.20. The predicted molar refractivity (Wildman–Crippen MR) is 69.4 cm³/mol. The van der Waals surface area contributed by atoms with Gasteiger partial charge in [0, 0.05) is 6.42 Å². The minimum absolute atomic E-state index is 0.205. The van der Waals surface area contributed by atoms with E-state index in [1.54, 1.807) is 0 Å². The lowest BCUT2D eigenvalue weighted by atomic mass is 9.94. The molecule has 1 aromatic rings. The van der Waals surface area contributed by atoms with Gasteiger partial charge in [-0.2, -0.15) is 0 Å². The fraction of sp³-hybridized carbons (Fsp3) is 0.600.